The fraction of sp³-hybridized carbons (Fsp3) is 1.00. The van der Waals surface area contributed by atoms with E-state index < -0.39 is 18.7 Å². The topological polar surface area (TPSA) is 95.9 Å². The molecular weight excluding hydrogens is 528 g/mol. The Morgan fingerprint density at radius 3 is 2.23 bits per heavy atom. The smallest absolute Gasteiger partial charge is 0.217 e. The maximum absolute atomic E-state index is 12.1. The van der Waals surface area contributed by atoms with E-state index in [0.29, 0.717) is 48.0 Å². The summed E-state index contributed by atoms with van der Waals surface area (Å²) in [5.74, 6) is 2.96. The van der Waals surface area contributed by atoms with Gasteiger partial charge in [0.05, 0.1) is 12.7 Å². The van der Waals surface area contributed by atoms with Gasteiger partial charge in [-0.2, -0.15) is 0 Å². The average molecular weight is 586 g/mol. The number of aliphatic hydroxyl groups is 1. The Morgan fingerprint density at radius 1 is 1.03 bits per heavy atom. The summed E-state index contributed by atoms with van der Waals surface area (Å²) in [6.07, 6.45) is 9.66. The second-order valence-electron chi connectivity index (χ2n) is 16.0. The van der Waals surface area contributed by atoms with Gasteiger partial charge in [0.15, 0.2) is 8.32 Å². The van der Waals surface area contributed by atoms with Crippen LogP contribution in [0.4, 0.5) is 0 Å². The maximum Gasteiger partial charge on any atom is 0.217 e. The molecule has 0 aromatic carbocycles. The second kappa shape index (κ2) is 10.9. The van der Waals surface area contributed by atoms with Crippen LogP contribution in [-0.4, -0.2) is 45.2 Å². The Kier molecular flexibility index (Phi) is 8.95. The zero-order valence-electron chi connectivity index (χ0n) is 26.2. The molecule has 39 heavy (non-hydrogen) atoms. The normalized spacial score (nSPS) is 43.9. The zero-order valence-corrected chi connectivity index (χ0v) is 28.0. The number of aliphatic hydroxyl groups excluding tert-OH is 1. The molecule has 0 saturated heterocycles. The number of hydrogen-bond donors (Lipinski definition) is 1. The molecule has 0 spiro atoms. The van der Waals surface area contributed by atoms with Crippen molar-refractivity contribution in [3.8, 4) is 0 Å². The molecule has 8 heteroatoms. The lowest BCUT2D eigenvalue weighted by Gasteiger charge is -2.65. The van der Waals surface area contributed by atoms with Gasteiger partial charge in [-0.25, -0.2) is 8.42 Å². The van der Waals surface area contributed by atoms with E-state index in [1.165, 1.54) is 19.3 Å². The van der Waals surface area contributed by atoms with Crippen molar-refractivity contribution in [1.82, 2.24) is 0 Å². The van der Waals surface area contributed by atoms with E-state index in [1.807, 2.05) is 0 Å². The quantitative estimate of drug-likeness (QED) is 0.185. The summed E-state index contributed by atoms with van der Waals surface area (Å²) in [5.41, 5.74) is 0.390. The van der Waals surface area contributed by atoms with Crippen LogP contribution in [0.15, 0.2) is 0 Å². The minimum absolute atomic E-state index is 0.0330. The van der Waals surface area contributed by atoms with Crippen molar-refractivity contribution < 1.29 is 26.7 Å². The van der Waals surface area contributed by atoms with E-state index in [-0.39, 0.29) is 34.5 Å². The van der Waals surface area contributed by atoms with Gasteiger partial charge in [-0.05, 0) is 122 Å². The zero-order chi connectivity index (χ0) is 29.2. The lowest BCUT2D eigenvalue weighted by molar-refractivity contribution is -0.202. The predicted octanol–water partition coefficient (Wildman–Crippen LogP) is 7.15. The predicted molar refractivity (Wildman–Crippen MR) is 157 cm³/mol. The van der Waals surface area contributed by atoms with Gasteiger partial charge in [-0.15, -0.1) is 0 Å². The average Bonchev–Trinajstić information content (AvgIpc) is 3.15. The molecular formula is C31H57O6SSi-. The SMILES string of the molecule is CC[C@@H]1C2C[C@H](O[Si](C)(C)C(C)(C)C)CC[C@]2(C)C2CC[C@@]3(C)C(CCC3[C@H](C)CCOS(=O)(=O)[O-])C2[C@@H]1O. The molecule has 0 bridgehead atoms. The summed E-state index contributed by atoms with van der Waals surface area (Å²) < 4.78 is 44.4. The van der Waals surface area contributed by atoms with Crippen LogP contribution in [0.5, 0.6) is 0 Å². The third-order valence-electron chi connectivity index (χ3n) is 13.2. The first-order valence-corrected chi connectivity index (χ1v) is 20.1. The molecule has 4 aliphatic rings. The van der Waals surface area contributed by atoms with Gasteiger partial charge in [0.2, 0.25) is 10.4 Å². The highest BCUT2D eigenvalue weighted by Gasteiger charge is 2.65. The van der Waals surface area contributed by atoms with Crippen LogP contribution in [0.2, 0.25) is 18.1 Å². The Bertz CT molecular complexity index is 978. The number of fused-ring (bicyclic) bond motifs is 5. The van der Waals surface area contributed by atoms with E-state index >= 15 is 0 Å². The Hall–Kier alpha value is 0.00688. The van der Waals surface area contributed by atoms with E-state index in [9.17, 15) is 18.1 Å². The highest BCUT2D eigenvalue weighted by molar-refractivity contribution is 7.80. The minimum atomic E-state index is -4.64. The Labute approximate surface area is 240 Å². The Morgan fingerprint density at radius 2 is 1.64 bits per heavy atom. The molecule has 228 valence electrons. The van der Waals surface area contributed by atoms with Crippen LogP contribution in [0, 0.1) is 52.3 Å². The van der Waals surface area contributed by atoms with Crippen LogP contribution in [0.3, 0.4) is 0 Å². The Balaban J connectivity index is 1.53. The van der Waals surface area contributed by atoms with Crippen molar-refractivity contribution in [1.29, 1.82) is 0 Å². The van der Waals surface area contributed by atoms with Gasteiger partial charge in [-0.1, -0.05) is 54.9 Å². The molecule has 0 radical (unpaired) electrons. The van der Waals surface area contributed by atoms with Gasteiger partial charge in [0, 0.05) is 6.10 Å². The monoisotopic (exact) mass is 585 g/mol. The standard InChI is InChI=1S/C31H58O6SSi/c1-10-22-26-19-21(37-39(8,9)29(3,4)5)13-16-31(26,7)25-14-17-30(6)23(11-12-24(30)27(25)28(22)32)20(2)15-18-36-38(33,34)35/h20-28,32H,10-19H2,1-9H3,(H,33,34,35)/p-1/t20-,21-,22-,23?,24?,25?,26?,27?,28-,30-,31-/m1/s1. The van der Waals surface area contributed by atoms with Crippen molar-refractivity contribution in [3.63, 3.8) is 0 Å². The van der Waals surface area contributed by atoms with Gasteiger partial charge in [-0.3, -0.25) is 4.18 Å². The van der Waals surface area contributed by atoms with Gasteiger partial charge < -0.3 is 14.1 Å². The molecule has 0 aliphatic heterocycles. The van der Waals surface area contributed by atoms with E-state index in [1.54, 1.807) is 0 Å². The summed E-state index contributed by atoms with van der Waals surface area (Å²) in [5, 5.41) is 12.3. The molecule has 6 nitrogen and oxygen atoms in total. The lowest BCUT2D eigenvalue weighted by Crippen LogP contribution is -2.62. The largest absolute Gasteiger partial charge is 0.726 e. The number of rotatable bonds is 8. The molecule has 4 rings (SSSR count). The molecule has 11 atom stereocenters. The van der Waals surface area contributed by atoms with Crippen LogP contribution in [0.1, 0.15) is 106 Å². The van der Waals surface area contributed by atoms with Gasteiger partial charge in [0.1, 0.15) is 0 Å². The molecule has 0 amide bonds. The fourth-order valence-corrected chi connectivity index (χ4v) is 11.9. The van der Waals surface area contributed by atoms with Crippen molar-refractivity contribution in [3.05, 3.63) is 0 Å². The maximum atomic E-state index is 12.1. The first-order chi connectivity index (χ1) is 17.9. The van der Waals surface area contributed by atoms with Crippen molar-refractivity contribution in [2.45, 2.75) is 137 Å². The summed E-state index contributed by atoms with van der Waals surface area (Å²) in [7, 11) is -6.49. The van der Waals surface area contributed by atoms with Crippen LogP contribution < -0.4 is 0 Å². The molecule has 1 N–H and O–H groups in total. The highest BCUT2D eigenvalue weighted by atomic mass is 32.3. The first-order valence-electron chi connectivity index (χ1n) is 15.8. The lowest BCUT2D eigenvalue weighted by atomic mass is 9.41. The molecule has 4 aliphatic carbocycles. The number of hydrogen-bond acceptors (Lipinski definition) is 6. The van der Waals surface area contributed by atoms with Crippen molar-refractivity contribution in [2.24, 2.45) is 52.3 Å². The molecule has 0 aromatic heterocycles. The summed E-state index contributed by atoms with van der Waals surface area (Å²) >= 11 is 0. The van der Waals surface area contributed by atoms with Crippen molar-refractivity contribution in [2.75, 3.05) is 6.61 Å². The molecule has 4 fully saturated rings. The van der Waals surface area contributed by atoms with Crippen LogP contribution >= 0.6 is 0 Å². The molecule has 0 aromatic rings. The molecule has 0 heterocycles. The first kappa shape index (κ1) is 31.9. The van der Waals surface area contributed by atoms with E-state index in [4.69, 9.17) is 4.43 Å². The van der Waals surface area contributed by atoms with Gasteiger partial charge >= 0.3 is 0 Å². The third-order valence-corrected chi connectivity index (χ3v) is 18.2. The minimum Gasteiger partial charge on any atom is -0.726 e. The summed E-state index contributed by atoms with van der Waals surface area (Å²) in [6.45, 7) is 21.1. The second-order valence-corrected chi connectivity index (χ2v) is 21.8. The van der Waals surface area contributed by atoms with Gasteiger partial charge in [0.25, 0.3) is 0 Å². The van der Waals surface area contributed by atoms with E-state index in [0.717, 1.165) is 32.1 Å². The summed E-state index contributed by atoms with van der Waals surface area (Å²) in [4.78, 5) is 0. The summed E-state index contributed by atoms with van der Waals surface area (Å²) in [6, 6.07) is 0. The molecule has 4 saturated carbocycles. The molecule has 5 unspecified atom stereocenters. The third kappa shape index (κ3) is 5.82. The fourth-order valence-electron chi connectivity index (χ4n) is 10.2. The van der Waals surface area contributed by atoms with Crippen LogP contribution in [0.25, 0.3) is 0 Å². The highest BCUT2D eigenvalue weighted by Crippen LogP contribution is 2.69. The van der Waals surface area contributed by atoms with E-state index in [2.05, 4.69) is 65.7 Å². The van der Waals surface area contributed by atoms with Crippen molar-refractivity contribution >= 4 is 18.7 Å². The van der Waals surface area contributed by atoms with Crippen LogP contribution in [-0.2, 0) is 19.0 Å².